The Hall–Kier alpha value is -6.87. The highest BCUT2D eigenvalue weighted by Gasteiger charge is 2.53. The summed E-state index contributed by atoms with van der Waals surface area (Å²) in [5.41, 5.74) is 21.4. The molecular formula is C71H73B2N3O4. The first kappa shape index (κ1) is 51.3. The van der Waals surface area contributed by atoms with Crippen LogP contribution < -0.4 is 20.7 Å². The van der Waals surface area contributed by atoms with Crippen LogP contribution in [-0.4, -0.2) is 41.2 Å². The number of nitrogens with zero attached hydrogens (tertiary/aromatic N) is 3. The monoisotopic (exact) mass is 1050 g/mol. The lowest BCUT2D eigenvalue weighted by Crippen LogP contribution is -2.41. The van der Waals surface area contributed by atoms with Crippen LogP contribution in [0.2, 0.25) is 0 Å². The molecule has 2 saturated heterocycles. The molecule has 0 bridgehead atoms. The number of rotatable bonds is 9. The van der Waals surface area contributed by atoms with E-state index in [1.165, 1.54) is 81.0 Å². The Bertz CT molecular complexity index is 3700. The summed E-state index contributed by atoms with van der Waals surface area (Å²) in [7, 11) is -0.897. The summed E-state index contributed by atoms with van der Waals surface area (Å²) in [5.74, 6) is 0. The molecule has 7 nitrogen and oxygen atoms in total. The summed E-state index contributed by atoms with van der Waals surface area (Å²) >= 11 is 0. The lowest BCUT2D eigenvalue weighted by Gasteiger charge is -2.32. The van der Waals surface area contributed by atoms with Crippen LogP contribution in [0.3, 0.4) is 0 Å². The van der Waals surface area contributed by atoms with Gasteiger partial charge in [-0.2, -0.15) is 0 Å². The third kappa shape index (κ3) is 8.31. The van der Waals surface area contributed by atoms with E-state index in [4.69, 9.17) is 18.6 Å². The fraction of sp³-hybridized carbons (Fsp3) is 0.324. The zero-order valence-electron chi connectivity index (χ0n) is 48.4. The normalized spacial score (nSPS) is 19.0. The molecule has 0 amide bonds. The first-order chi connectivity index (χ1) is 38.3. The molecule has 402 valence electrons. The van der Waals surface area contributed by atoms with Gasteiger partial charge >= 0.3 is 14.2 Å². The Morgan fingerprint density at radius 3 is 1.21 bits per heavy atom. The molecule has 9 aromatic rings. The number of benzene rings is 8. The van der Waals surface area contributed by atoms with E-state index in [2.05, 4.69) is 247 Å². The Morgan fingerprint density at radius 1 is 0.362 bits per heavy atom. The van der Waals surface area contributed by atoms with Crippen molar-refractivity contribution in [3.8, 4) is 16.8 Å². The standard InChI is InChI=1S/C71H73B2N3O4/c1-67(2)63-22-16-15-21-59(63)60-38-35-58(45-64(60)67)76-65-39-36-56(74(54-29-23-46-17-11-13-19-48(46)41-54)52-31-25-50(26-32-52)72-77-68(3,4)69(5,6)78-72)43-61(65)62-44-57(37-40-66(62)76)75(55-30-24-47-18-12-14-20-49(47)42-55)53-33-27-51(28-34-53)73-79-70(7,8)71(9,10)80-73/h15-16,21-45H,11-14,17-20H2,1-10H3. The molecule has 0 saturated carbocycles. The summed E-state index contributed by atoms with van der Waals surface area (Å²) in [4.78, 5) is 4.90. The molecule has 0 N–H and O–H groups in total. The highest BCUT2D eigenvalue weighted by molar-refractivity contribution is 6.62. The molecule has 0 atom stereocenters. The van der Waals surface area contributed by atoms with Gasteiger partial charge in [0.25, 0.3) is 0 Å². The maximum Gasteiger partial charge on any atom is 0.494 e. The Kier molecular flexibility index (Phi) is 11.9. The lowest BCUT2D eigenvalue weighted by atomic mass is 9.79. The van der Waals surface area contributed by atoms with Gasteiger partial charge in [-0.05, 0) is 259 Å². The summed E-state index contributed by atoms with van der Waals surface area (Å²) in [6.07, 6.45) is 9.36. The third-order valence-electron chi connectivity index (χ3n) is 19.6. The second-order valence-corrected chi connectivity index (χ2v) is 26.0. The summed E-state index contributed by atoms with van der Waals surface area (Å²) in [6.45, 7) is 21.7. The van der Waals surface area contributed by atoms with E-state index >= 15 is 0 Å². The van der Waals surface area contributed by atoms with Crippen molar-refractivity contribution in [2.45, 2.75) is 148 Å². The molecular weight excluding hydrogens is 980 g/mol. The molecule has 0 spiro atoms. The molecule has 14 rings (SSSR count). The van der Waals surface area contributed by atoms with E-state index in [1.54, 1.807) is 0 Å². The van der Waals surface area contributed by atoms with Gasteiger partial charge in [0.2, 0.25) is 0 Å². The van der Waals surface area contributed by atoms with E-state index in [9.17, 15) is 0 Å². The van der Waals surface area contributed by atoms with Crippen molar-refractivity contribution in [2.24, 2.45) is 0 Å². The van der Waals surface area contributed by atoms with Crippen LogP contribution >= 0.6 is 0 Å². The molecule has 2 aliphatic heterocycles. The largest absolute Gasteiger partial charge is 0.494 e. The predicted octanol–water partition coefficient (Wildman–Crippen LogP) is 16.4. The van der Waals surface area contributed by atoms with Gasteiger partial charge in [0.15, 0.2) is 0 Å². The second kappa shape index (κ2) is 18.6. The lowest BCUT2D eigenvalue weighted by molar-refractivity contribution is 0.00578. The summed E-state index contributed by atoms with van der Waals surface area (Å²) < 4.78 is 28.7. The summed E-state index contributed by atoms with van der Waals surface area (Å²) in [5, 5.41) is 2.36. The fourth-order valence-corrected chi connectivity index (χ4v) is 13.5. The van der Waals surface area contributed by atoms with Crippen LogP contribution in [0, 0.1) is 0 Å². The van der Waals surface area contributed by atoms with E-state index in [0.29, 0.717) is 0 Å². The second-order valence-electron chi connectivity index (χ2n) is 26.0. The van der Waals surface area contributed by atoms with Crippen LogP contribution in [0.25, 0.3) is 38.6 Å². The van der Waals surface area contributed by atoms with Crippen molar-refractivity contribution in [3.63, 3.8) is 0 Å². The number of hydrogen-bond donors (Lipinski definition) is 0. The zero-order valence-corrected chi connectivity index (χ0v) is 48.4. The van der Waals surface area contributed by atoms with Crippen LogP contribution in [0.15, 0.2) is 164 Å². The summed E-state index contributed by atoms with van der Waals surface area (Å²) in [6, 6.07) is 62.3. The van der Waals surface area contributed by atoms with Gasteiger partial charge in [-0.3, -0.25) is 0 Å². The van der Waals surface area contributed by atoms with Gasteiger partial charge in [0, 0.05) is 56.0 Å². The average Bonchev–Trinajstić information content (AvgIpc) is 4.26. The van der Waals surface area contributed by atoms with Crippen molar-refractivity contribution in [2.75, 3.05) is 9.80 Å². The molecule has 0 unspecified atom stereocenters. The molecule has 3 heterocycles. The smallest absolute Gasteiger partial charge is 0.399 e. The topological polar surface area (TPSA) is 48.3 Å². The Labute approximate surface area is 474 Å². The maximum atomic E-state index is 6.56. The minimum absolute atomic E-state index is 0.151. The van der Waals surface area contributed by atoms with Gasteiger partial charge in [-0.25, -0.2) is 0 Å². The SMILES string of the molecule is CC1(C)c2ccccc2-c2ccc(-n3c4ccc(N(c5ccc(B6OC(C)(C)C(C)(C)O6)cc5)c5ccc6c(c5)CCCC6)cc4c4cc(N(c5ccc(B6OC(C)(C)C(C)(C)O6)cc5)c5ccc6c(c5)CCCC6)ccc43)cc21. The van der Waals surface area contributed by atoms with Crippen molar-refractivity contribution >= 4 is 81.1 Å². The molecule has 8 aromatic carbocycles. The van der Waals surface area contributed by atoms with Crippen molar-refractivity contribution < 1.29 is 18.6 Å². The zero-order chi connectivity index (χ0) is 55.1. The third-order valence-corrected chi connectivity index (χ3v) is 19.6. The molecule has 3 aliphatic carbocycles. The molecule has 5 aliphatic rings. The molecule has 9 heteroatoms. The van der Waals surface area contributed by atoms with E-state index in [1.807, 2.05) is 0 Å². The maximum absolute atomic E-state index is 6.56. The van der Waals surface area contributed by atoms with E-state index in [-0.39, 0.29) is 5.41 Å². The first-order valence-corrected chi connectivity index (χ1v) is 29.4. The number of hydrogen-bond acceptors (Lipinski definition) is 6. The van der Waals surface area contributed by atoms with E-state index < -0.39 is 36.6 Å². The molecule has 2 fully saturated rings. The molecule has 1 aromatic heterocycles. The van der Waals surface area contributed by atoms with Crippen molar-refractivity contribution in [3.05, 3.63) is 197 Å². The highest BCUT2D eigenvalue weighted by Crippen LogP contribution is 2.51. The Morgan fingerprint density at radius 2 is 0.750 bits per heavy atom. The highest BCUT2D eigenvalue weighted by atomic mass is 16.7. The van der Waals surface area contributed by atoms with Gasteiger partial charge in [-0.1, -0.05) is 80.6 Å². The van der Waals surface area contributed by atoms with Crippen molar-refractivity contribution in [1.82, 2.24) is 4.57 Å². The van der Waals surface area contributed by atoms with E-state index in [0.717, 1.165) is 87.5 Å². The van der Waals surface area contributed by atoms with Gasteiger partial charge in [0.1, 0.15) is 0 Å². The molecule has 80 heavy (non-hydrogen) atoms. The minimum Gasteiger partial charge on any atom is -0.399 e. The van der Waals surface area contributed by atoms with Crippen LogP contribution in [0.5, 0.6) is 0 Å². The van der Waals surface area contributed by atoms with Gasteiger partial charge in [0.05, 0.1) is 33.4 Å². The first-order valence-electron chi connectivity index (χ1n) is 29.4. The number of fused-ring (bicyclic) bond motifs is 8. The van der Waals surface area contributed by atoms with Crippen LogP contribution in [0.1, 0.15) is 128 Å². The van der Waals surface area contributed by atoms with Crippen LogP contribution in [0.4, 0.5) is 34.1 Å². The number of anilines is 6. The number of aryl methyl sites for hydroxylation is 4. The fourth-order valence-electron chi connectivity index (χ4n) is 13.5. The Balaban J connectivity index is 0.954. The minimum atomic E-state index is -0.448. The van der Waals surface area contributed by atoms with Gasteiger partial charge < -0.3 is 33.0 Å². The van der Waals surface area contributed by atoms with Crippen molar-refractivity contribution in [1.29, 1.82) is 0 Å². The quantitative estimate of drug-likeness (QED) is 0.134. The van der Waals surface area contributed by atoms with Gasteiger partial charge in [-0.15, -0.1) is 0 Å². The van der Waals surface area contributed by atoms with Crippen LogP contribution in [-0.2, 0) is 49.7 Å². The molecule has 0 radical (unpaired) electrons. The average molecular weight is 1050 g/mol. The predicted molar refractivity (Wildman–Crippen MR) is 332 cm³/mol. The number of aromatic nitrogens is 1.